The van der Waals surface area contributed by atoms with Crippen LogP contribution in [0.3, 0.4) is 0 Å². The number of carbonyl (C=O) groups is 1. The molecule has 5 heteroatoms. The number of aliphatic hydroxyl groups excluding tert-OH is 1. The number of hydrogen-bond acceptors (Lipinski definition) is 4. The van der Waals surface area contributed by atoms with Crippen LogP contribution in [0.15, 0.2) is 24.3 Å². The average Bonchev–Trinajstić information content (AvgIpc) is 2.92. The molecule has 122 valence electrons. The topological polar surface area (TPSA) is 59.0 Å². The Morgan fingerprint density at radius 1 is 1.41 bits per heavy atom. The molecular formula is C17H25NO4. The predicted molar refractivity (Wildman–Crippen MR) is 83.8 cm³/mol. The number of benzene rings is 1. The second kappa shape index (κ2) is 7.01. The summed E-state index contributed by atoms with van der Waals surface area (Å²) in [7, 11) is 0. The van der Waals surface area contributed by atoms with Crippen molar-refractivity contribution in [3.63, 3.8) is 0 Å². The number of likely N-dealkylation sites (tertiary alicyclic amines) is 1. The molecule has 0 saturated carbocycles. The highest BCUT2D eigenvalue weighted by molar-refractivity contribution is 5.69. The summed E-state index contributed by atoms with van der Waals surface area (Å²) in [6, 6.07) is 7.39. The summed E-state index contributed by atoms with van der Waals surface area (Å²) >= 11 is 0. The molecule has 1 aromatic carbocycles. The highest BCUT2D eigenvalue weighted by atomic mass is 16.6. The lowest BCUT2D eigenvalue weighted by molar-refractivity contribution is 0.0187. The largest absolute Gasteiger partial charge is 0.491 e. The molecule has 1 aromatic rings. The van der Waals surface area contributed by atoms with Crippen molar-refractivity contribution in [3.05, 3.63) is 29.8 Å². The summed E-state index contributed by atoms with van der Waals surface area (Å²) in [6.07, 6.45) is 1.60. The highest BCUT2D eigenvalue weighted by Gasteiger charge is 2.32. The first kappa shape index (κ1) is 16.6. The molecule has 0 spiro atoms. The lowest BCUT2D eigenvalue weighted by Gasteiger charge is -2.28. The van der Waals surface area contributed by atoms with Crippen molar-refractivity contribution in [3.8, 4) is 5.75 Å². The quantitative estimate of drug-likeness (QED) is 0.929. The van der Waals surface area contributed by atoms with E-state index >= 15 is 0 Å². The third-order valence-corrected chi connectivity index (χ3v) is 3.53. The molecule has 0 radical (unpaired) electrons. The zero-order chi connectivity index (χ0) is 16.2. The summed E-state index contributed by atoms with van der Waals surface area (Å²) < 4.78 is 11.2. The van der Waals surface area contributed by atoms with Gasteiger partial charge in [0.25, 0.3) is 0 Å². The summed E-state index contributed by atoms with van der Waals surface area (Å²) in [5.41, 5.74) is 0.327. The first-order valence-corrected chi connectivity index (χ1v) is 7.71. The van der Waals surface area contributed by atoms with Gasteiger partial charge < -0.3 is 19.5 Å². The van der Waals surface area contributed by atoms with Gasteiger partial charge in [-0.25, -0.2) is 4.79 Å². The van der Waals surface area contributed by atoms with Gasteiger partial charge in [-0.3, -0.25) is 0 Å². The van der Waals surface area contributed by atoms with E-state index in [2.05, 4.69) is 0 Å². The van der Waals surface area contributed by atoms with E-state index in [1.54, 1.807) is 4.90 Å². The fourth-order valence-corrected chi connectivity index (χ4v) is 2.50. The molecule has 1 aliphatic heterocycles. The van der Waals surface area contributed by atoms with Crippen LogP contribution in [-0.4, -0.2) is 40.9 Å². The molecule has 1 heterocycles. The number of amides is 1. The zero-order valence-electron chi connectivity index (χ0n) is 13.5. The Bertz CT molecular complexity index is 510. The van der Waals surface area contributed by atoms with Crippen LogP contribution >= 0.6 is 0 Å². The molecule has 22 heavy (non-hydrogen) atoms. The van der Waals surface area contributed by atoms with E-state index in [0.29, 0.717) is 18.9 Å². The molecular weight excluding hydrogens is 282 g/mol. The molecule has 1 fully saturated rings. The monoisotopic (exact) mass is 307 g/mol. The van der Waals surface area contributed by atoms with Crippen LogP contribution in [0, 0.1) is 0 Å². The maximum absolute atomic E-state index is 12.2. The van der Waals surface area contributed by atoms with Gasteiger partial charge in [-0.1, -0.05) is 12.1 Å². The summed E-state index contributed by atoms with van der Waals surface area (Å²) in [5, 5.41) is 9.14. The van der Waals surface area contributed by atoms with Crippen LogP contribution in [0.25, 0.3) is 0 Å². The Balaban J connectivity index is 1.92. The molecule has 0 unspecified atom stereocenters. The van der Waals surface area contributed by atoms with Gasteiger partial charge in [0.2, 0.25) is 0 Å². The number of rotatable bonds is 4. The van der Waals surface area contributed by atoms with Gasteiger partial charge in [-0.05, 0) is 51.3 Å². The minimum atomic E-state index is -0.486. The Kier molecular flexibility index (Phi) is 5.29. The van der Waals surface area contributed by atoms with E-state index < -0.39 is 5.60 Å². The molecule has 5 nitrogen and oxygen atoms in total. The number of carbonyl (C=O) groups excluding carboxylic acids is 1. The molecule has 2 rings (SSSR count). The van der Waals surface area contributed by atoms with Crippen LogP contribution in [0.4, 0.5) is 4.79 Å². The SMILES string of the molecule is CC(C)(C)OC(=O)N1CCC[C@@H]1COc1cccc(CO)c1. The van der Waals surface area contributed by atoms with Crippen LogP contribution in [-0.2, 0) is 11.3 Å². The van der Waals surface area contributed by atoms with Crippen molar-refractivity contribution in [2.24, 2.45) is 0 Å². The van der Waals surface area contributed by atoms with Crippen molar-refractivity contribution in [2.45, 2.75) is 51.9 Å². The van der Waals surface area contributed by atoms with Gasteiger partial charge in [-0.2, -0.15) is 0 Å². The molecule has 0 aliphatic carbocycles. The van der Waals surface area contributed by atoms with E-state index in [4.69, 9.17) is 14.6 Å². The Morgan fingerprint density at radius 2 is 2.18 bits per heavy atom. The summed E-state index contributed by atoms with van der Waals surface area (Å²) in [6.45, 7) is 6.74. The van der Waals surface area contributed by atoms with E-state index in [0.717, 1.165) is 18.4 Å². The lowest BCUT2D eigenvalue weighted by atomic mass is 10.2. The molecule has 1 aliphatic rings. The maximum atomic E-state index is 12.2. The first-order valence-electron chi connectivity index (χ1n) is 7.71. The van der Waals surface area contributed by atoms with Crippen molar-refractivity contribution in [1.29, 1.82) is 0 Å². The van der Waals surface area contributed by atoms with Gasteiger partial charge in [0.1, 0.15) is 18.0 Å². The van der Waals surface area contributed by atoms with Crippen LogP contribution < -0.4 is 4.74 Å². The van der Waals surface area contributed by atoms with E-state index in [9.17, 15) is 4.79 Å². The Morgan fingerprint density at radius 3 is 2.86 bits per heavy atom. The number of hydrogen-bond donors (Lipinski definition) is 1. The number of nitrogens with zero attached hydrogens (tertiary/aromatic N) is 1. The second-order valence-corrected chi connectivity index (χ2v) is 6.59. The Labute approximate surface area is 131 Å². The molecule has 1 amide bonds. The molecule has 0 aromatic heterocycles. The van der Waals surface area contributed by atoms with Gasteiger partial charge in [0.15, 0.2) is 0 Å². The van der Waals surface area contributed by atoms with Crippen molar-refractivity contribution < 1.29 is 19.4 Å². The highest BCUT2D eigenvalue weighted by Crippen LogP contribution is 2.22. The van der Waals surface area contributed by atoms with E-state index in [1.165, 1.54) is 0 Å². The summed E-state index contributed by atoms with van der Waals surface area (Å²) in [4.78, 5) is 13.9. The molecule has 1 atom stereocenters. The van der Waals surface area contributed by atoms with E-state index in [-0.39, 0.29) is 18.7 Å². The smallest absolute Gasteiger partial charge is 0.410 e. The minimum absolute atomic E-state index is 0.00926. The fourth-order valence-electron chi connectivity index (χ4n) is 2.50. The maximum Gasteiger partial charge on any atom is 0.410 e. The van der Waals surface area contributed by atoms with Crippen LogP contribution in [0.2, 0.25) is 0 Å². The minimum Gasteiger partial charge on any atom is -0.491 e. The molecule has 0 bridgehead atoms. The lowest BCUT2D eigenvalue weighted by Crippen LogP contribution is -2.42. The molecule has 1 saturated heterocycles. The van der Waals surface area contributed by atoms with Crippen molar-refractivity contribution in [2.75, 3.05) is 13.2 Å². The predicted octanol–water partition coefficient (Wildman–Crippen LogP) is 2.96. The summed E-state index contributed by atoms with van der Waals surface area (Å²) in [5.74, 6) is 0.711. The van der Waals surface area contributed by atoms with Gasteiger partial charge >= 0.3 is 6.09 Å². The third-order valence-electron chi connectivity index (χ3n) is 3.53. The van der Waals surface area contributed by atoms with Gasteiger partial charge in [0, 0.05) is 6.54 Å². The van der Waals surface area contributed by atoms with Gasteiger partial charge in [-0.15, -0.1) is 0 Å². The Hall–Kier alpha value is -1.75. The normalized spacial score (nSPS) is 18.4. The number of aliphatic hydroxyl groups is 1. The number of ether oxygens (including phenoxy) is 2. The first-order chi connectivity index (χ1) is 10.4. The zero-order valence-corrected chi connectivity index (χ0v) is 13.5. The average molecular weight is 307 g/mol. The van der Waals surface area contributed by atoms with E-state index in [1.807, 2.05) is 45.0 Å². The van der Waals surface area contributed by atoms with Crippen LogP contribution in [0.5, 0.6) is 5.75 Å². The van der Waals surface area contributed by atoms with Crippen molar-refractivity contribution in [1.82, 2.24) is 4.90 Å². The fraction of sp³-hybridized carbons (Fsp3) is 0.588. The van der Waals surface area contributed by atoms with Crippen LogP contribution in [0.1, 0.15) is 39.2 Å². The van der Waals surface area contributed by atoms with Crippen molar-refractivity contribution >= 4 is 6.09 Å². The van der Waals surface area contributed by atoms with Gasteiger partial charge in [0.05, 0.1) is 12.6 Å². The third kappa shape index (κ3) is 4.63. The standard InChI is InChI=1S/C17H25NO4/c1-17(2,3)22-16(20)18-9-5-7-14(18)12-21-15-8-4-6-13(10-15)11-19/h4,6,8,10,14,19H,5,7,9,11-12H2,1-3H3/t14-/m1/s1. The molecule has 1 N–H and O–H groups in total. The second-order valence-electron chi connectivity index (χ2n) is 6.59.